The largest absolute Gasteiger partial charge is 0.505 e. The van der Waals surface area contributed by atoms with Crippen LogP contribution in [0, 0.1) is 0 Å². The molecular weight excluding hydrogens is 394 g/mol. The number of benzene rings is 3. The van der Waals surface area contributed by atoms with E-state index in [1.165, 1.54) is 13.0 Å². The first-order valence-electron chi connectivity index (χ1n) is 10.1. The Hall–Kier alpha value is -3.64. The smallest absolute Gasteiger partial charge is 0.255 e. The summed E-state index contributed by atoms with van der Waals surface area (Å²) in [6, 6.07) is 19.9. The second-order valence-electron chi connectivity index (χ2n) is 7.48. The fourth-order valence-corrected chi connectivity index (χ4v) is 3.56. The number of hydrogen-bond acceptors (Lipinski definition) is 5. The lowest BCUT2D eigenvalue weighted by molar-refractivity contribution is 0.0510. The fourth-order valence-electron chi connectivity index (χ4n) is 3.56. The van der Waals surface area contributed by atoms with Gasteiger partial charge in [-0.1, -0.05) is 36.4 Å². The zero-order chi connectivity index (χ0) is 21.8. The van der Waals surface area contributed by atoms with E-state index < -0.39 is 0 Å². The molecule has 1 amide bonds. The number of nitrogens with one attached hydrogen (secondary N) is 1. The number of phenols is 1. The van der Waals surface area contributed by atoms with Crippen molar-refractivity contribution in [2.24, 2.45) is 0 Å². The predicted octanol–water partition coefficient (Wildman–Crippen LogP) is 4.37. The number of amides is 1. The molecule has 4 rings (SSSR count). The first-order chi connectivity index (χ1) is 15.0. The van der Waals surface area contributed by atoms with E-state index in [1.54, 1.807) is 30.3 Å². The van der Waals surface area contributed by atoms with Crippen molar-refractivity contribution in [2.75, 3.05) is 11.9 Å². The third-order valence-electron chi connectivity index (χ3n) is 5.14. The van der Waals surface area contributed by atoms with Crippen molar-refractivity contribution in [1.82, 2.24) is 0 Å². The molecule has 0 saturated heterocycles. The summed E-state index contributed by atoms with van der Waals surface area (Å²) in [5.74, 6) is -0.138. The Morgan fingerprint density at radius 2 is 1.90 bits per heavy atom. The number of carbonyl (C=O) groups excluding carboxylic acids is 2. The molecule has 1 unspecified atom stereocenters. The number of hydrogen-bond donors (Lipinski definition) is 2. The Labute approximate surface area is 180 Å². The third kappa shape index (κ3) is 4.75. The summed E-state index contributed by atoms with van der Waals surface area (Å²) in [7, 11) is 0. The van der Waals surface area contributed by atoms with E-state index in [9.17, 15) is 14.7 Å². The number of Topliss-reactive ketones (excluding diaryl/α,β-unsaturated/α-hetero) is 1. The Balaban J connectivity index is 1.38. The van der Waals surface area contributed by atoms with Gasteiger partial charge >= 0.3 is 0 Å². The molecule has 3 aromatic carbocycles. The molecule has 6 nitrogen and oxygen atoms in total. The minimum Gasteiger partial charge on any atom is -0.505 e. The van der Waals surface area contributed by atoms with Gasteiger partial charge in [0.05, 0.1) is 24.5 Å². The van der Waals surface area contributed by atoms with Gasteiger partial charge in [-0.05, 0) is 48.4 Å². The summed E-state index contributed by atoms with van der Waals surface area (Å²) < 4.78 is 11.7. The minimum atomic E-state index is -0.373. The number of ketones is 1. The minimum absolute atomic E-state index is 0.103. The van der Waals surface area contributed by atoms with E-state index in [2.05, 4.69) is 5.32 Å². The topological polar surface area (TPSA) is 84.9 Å². The summed E-state index contributed by atoms with van der Waals surface area (Å²) in [5, 5.41) is 12.9. The molecule has 158 valence electrons. The monoisotopic (exact) mass is 417 g/mol. The molecule has 0 aliphatic carbocycles. The van der Waals surface area contributed by atoms with Crippen LogP contribution in [-0.4, -0.2) is 29.5 Å². The van der Waals surface area contributed by atoms with E-state index in [0.717, 1.165) is 16.9 Å². The normalized spacial score (nSPS) is 14.5. The molecule has 1 aliphatic heterocycles. The van der Waals surface area contributed by atoms with Crippen LogP contribution in [0.2, 0.25) is 0 Å². The third-order valence-corrected chi connectivity index (χ3v) is 5.14. The Morgan fingerprint density at radius 1 is 1.10 bits per heavy atom. The van der Waals surface area contributed by atoms with Crippen molar-refractivity contribution in [3.63, 3.8) is 0 Å². The zero-order valence-corrected chi connectivity index (χ0v) is 17.1. The maximum absolute atomic E-state index is 12.7. The molecule has 0 aromatic heterocycles. The van der Waals surface area contributed by atoms with Crippen molar-refractivity contribution in [3.05, 3.63) is 89.0 Å². The maximum atomic E-state index is 12.7. The van der Waals surface area contributed by atoms with Crippen LogP contribution in [0.3, 0.4) is 0 Å². The lowest BCUT2D eigenvalue weighted by Crippen LogP contribution is -2.20. The fraction of sp³-hybridized carbons (Fsp3) is 0.200. The number of aromatic hydroxyl groups is 1. The van der Waals surface area contributed by atoms with Crippen LogP contribution in [0.1, 0.15) is 38.8 Å². The van der Waals surface area contributed by atoms with Gasteiger partial charge in [0.1, 0.15) is 17.6 Å². The second-order valence-corrected chi connectivity index (χ2v) is 7.48. The lowest BCUT2D eigenvalue weighted by atomic mass is 10.1. The SMILES string of the molecule is CC(=O)c1cccc(NC(=O)c2ccc3c(c2)CC(COCc2ccccc2)O3)c1O. The van der Waals surface area contributed by atoms with Gasteiger partial charge in [-0.2, -0.15) is 0 Å². The van der Waals surface area contributed by atoms with Gasteiger partial charge in [0.15, 0.2) is 5.78 Å². The van der Waals surface area contributed by atoms with E-state index in [0.29, 0.717) is 25.2 Å². The van der Waals surface area contributed by atoms with E-state index >= 15 is 0 Å². The highest BCUT2D eigenvalue weighted by atomic mass is 16.5. The highest BCUT2D eigenvalue weighted by molar-refractivity contribution is 6.07. The summed E-state index contributed by atoms with van der Waals surface area (Å²) in [6.45, 7) is 2.34. The summed E-state index contributed by atoms with van der Waals surface area (Å²) in [5.41, 5.74) is 2.85. The lowest BCUT2D eigenvalue weighted by Gasteiger charge is -2.11. The summed E-state index contributed by atoms with van der Waals surface area (Å²) in [4.78, 5) is 24.3. The van der Waals surface area contributed by atoms with Gasteiger partial charge < -0.3 is 19.9 Å². The molecule has 2 N–H and O–H groups in total. The van der Waals surface area contributed by atoms with Crippen LogP contribution < -0.4 is 10.1 Å². The number of rotatable bonds is 7. The average Bonchev–Trinajstić information content (AvgIpc) is 3.17. The number of ether oxygens (including phenoxy) is 2. The molecular formula is C25H23NO5. The van der Waals surface area contributed by atoms with Crippen molar-refractivity contribution >= 4 is 17.4 Å². The van der Waals surface area contributed by atoms with Crippen LogP contribution in [0.4, 0.5) is 5.69 Å². The zero-order valence-electron chi connectivity index (χ0n) is 17.1. The van der Waals surface area contributed by atoms with Crippen molar-refractivity contribution in [3.8, 4) is 11.5 Å². The number of para-hydroxylation sites is 1. The average molecular weight is 417 g/mol. The molecule has 0 saturated carbocycles. The molecule has 1 atom stereocenters. The highest BCUT2D eigenvalue weighted by Crippen LogP contribution is 2.31. The number of fused-ring (bicyclic) bond motifs is 1. The molecule has 1 aliphatic rings. The van der Waals surface area contributed by atoms with Crippen molar-refractivity contribution < 1.29 is 24.2 Å². The van der Waals surface area contributed by atoms with Gasteiger partial charge in [-0.3, -0.25) is 9.59 Å². The summed E-state index contributed by atoms with van der Waals surface area (Å²) >= 11 is 0. The maximum Gasteiger partial charge on any atom is 0.255 e. The van der Waals surface area contributed by atoms with E-state index in [1.807, 2.05) is 30.3 Å². The van der Waals surface area contributed by atoms with Gasteiger partial charge in [-0.25, -0.2) is 0 Å². The molecule has 0 bridgehead atoms. The molecule has 6 heteroatoms. The van der Waals surface area contributed by atoms with Crippen LogP contribution in [0.25, 0.3) is 0 Å². The van der Waals surface area contributed by atoms with Crippen LogP contribution >= 0.6 is 0 Å². The van der Waals surface area contributed by atoms with Gasteiger partial charge in [0.25, 0.3) is 5.91 Å². The first-order valence-corrected chi connectivity index (χ1v) is 10.1. The highest BCUT2D eigenvalue weighted by Gasteiger charge is 2.24. The van der Waals surface area contributed by atoms with E-state index in [4.69, 9.17) is 9.47 Å². The Bertz CT molecular complexity index is 1110. The molecule has 31 heavy (non-hydrogen) atoms. The van der Waals surface area contributed by atoms with Gasteiger partial charge in [0, 0.05) is 12.0 Å². The molecule has 0 spiro atoms. The number of anilines is 1. The number of phenolic OH excluding ortho intramolecular Hbond substituents is 1. The standard InChI is InChI=1S/C25H23NO5/c1-16(27)21-8-5-9-22(24(21)28)26-25(29)18-10-11-23-19(12-18)13-20(31-23)15-30-14-17-6-3-2-4-7-17/h2-12,20,28H,13-15H2,1H3,(H,26,29). The summed E-state index contributed by atoms with van der Waals surface area (Å²) in [6.07, 6.45) is 0.546. The molecule has 1 heterocycles. The Kier molecular flexibility index (Phi) is 6.00. The molecule has 0 radical (unpaired) electrons. The quantitative estimate of drug-likeness (QED) is 0.441. The van der Waals surface area contributed by atoms with Crippen molar-refractivity contribution in [1.29, 1.82) is 0 Å². The van der Waals surface area contributed by atoms with E-state index in [-0.39, 0.29) is 34.8 Å². The van der Waals surface area contributed by atoms with Crippen molar-refractivity contribution in [2.45, 2.75) is 26.1 Å². The van der Waals surface area contributed by atoms with Crippen LogP contribution in [0.5, 0.6) is 11.5 Å². The van der Waals surface area contributed by atoms with Gasteiger partial charge in [-0.15, -0.1) is 0 Å². The molecule has 3 aromatic rings. The second kappa shape index (κ2) is 9.02. The first kappa shape index (κ1) is 20.6. The van der Waals surface area contributed by atoms with Crippen LogP contribution in [0.15, 0.2) is 66.7 Å². The number of carbonyl (C=O) groups is 2. The van der Waals surface area contributed by atoms with Crippen LogP contribution in [-0.2, 0) is 17.8 Å². The van der Waals surface area contributed by atoms with Gasteiger partial charge in [0.2, 0.25) is 0 Å². The molecule has 0 fully saturated rings. The predicted molar refractivity (Wildman–Crippen MR) is 117 cm³/mol. The Morgan fingerprint density at radius 3 is 2.68 bits per heavy atom.